The molecule has 0 bridgehead atoms. The van der Waals surface area contributed by atoms with Gasteiger partial charge < -0.3 is 0 Å². The van der Waals surface area contributed by atoms with Gasteiger partial charge in [-0.2, -0.15) is 0 Å². The standard InChI is InChI=1S/C34H46N2S.2ClH.Fe/c1-31(2,3)23-15-24(32(4,5)6)18-27(17-23)35-21-29-13-14-30(37-29)22-36-28-19-25(33(7,8)9)16-26(20-28)34(10,11)12;;;/h13-22H,1-12H3;2*1H;/q;;;+2/p-2. The third-order valence-electron chi connectivity index (χ3n) is 6.63. The molecule has 0 radical (unpaired) electrons. The fourth-order valence-electron chi connectivity index (χ4n) is 3.89. The molecule has 2 nitrogen and oxygen atoms in total. The van der Waals surface area contributed by atoms with Gasteiger partial charge in [0.1, 0.15) is 0 Å². The van der Waals surface area contributed by atoms with Crippen molar-refractivity contribution in [3.63, 3.8) is 0 Å². The molecule has 0 saturated carbocycles. The van der Waals surface area contributed by atoms with E-state index >= 15 is 0 Å². The van der Waals surface area contributed by atoms with Crippen LogP contribution in [0.5, 0.6) is 0 Å². The zero-order valence-electron chi connectivity index (χ0n) is 26.2. The van der Waals surface area contributed by atoms with Crippen LogP contribution in [-0.2, 0) is 34.8 Å². The molecular weight excluding hydrogens is 595 g/mol. The quantitative estimate of drug-likeness (QED) is 0.200. The number of aliphatic imine (C=N–C) groups is 2. The first-order chi connectivity index (χ1) is 18.2. The Morgan fingerprint density at radius 2 is 0.775 bits per heavy atom. The van der Waals surface area contributed by atoms with Crippen molar-refractivity contribution in [2.24, 2.45) is 9.98 Å². The van der Waals surface area contributed by atoms with Gasteiger partial charge in [-0.25, -0.2) is 0 Å². The van der Waals surface area contributed by atoms with E-state index < -0.39 is 0 Å². The van der Waals surface area contributed by atoms with E-state index in [4.69, 9.17) is 30.2 Å². The number of hydrogen-bond donors (Lipinski definition) is 0. The summed E-state index contributed by atoms with van der Waals surface area (Å²) in [5, 5.41) is 0. The summed E-state index contributed by atoms with van der Waals surface area (Å²) in [4.78, 5) is 12.0. The summed E-state index contributed by atoms with van der Waals surface area (Å²) in [7, 11) is 9.53. The van der Waals surface area contributed by atoms with Gasteiger partial charge in [-0.05, 0) is 80.3 Å². The second-order valence-corrected chi connectivity index (χ2v) is 17.3. The number of rotatable bonds is 4. The molecule has 0 fully saturated rings. The molecule has 3 aromatic rings. The molecule has 6 heteroatoms. The second kappa shape index (κ2) is 13.7. The summed E-state index contributed by atoms with van der Waals surface area (Å²) in [5.74, 6) is 0. The maximum absolute atomic E-state index is 4.87. The first-order valence-electron chi connectivity index (χ1n) is 13.6. The van der Waals surface area contributed by atoms with Crippen molar-refractivity contribution < 1.29 is 13.1 Å². The Morgan fingerprint density at radius 1 is 0.525 bits per heavy atom. The Kier molecular flexibility index (Phi) is 11.9. The average Bonchev–Trinajstić information content (AvgIpc) is 3.27. The molecule has 0 aliphatic heterocycles. The van der Waals surface area contributed by atoms with Crippen LogP contribution < -0.4 is 0 Å². The van der Waals surface area contributed by atoms with E-state index in [1.165, 1.54) is 22.3 Å². The Labute approximate surface area is 262 Å². The van der Waals surface area contributed by atoms with Crippen LogP contribution in [0.15, 0.2) is 58.5 Å². The topological polar surface area (TPSA) is 24.7 Å². The van der Waals surface area contributed by atoms with Crippen LogP contribution in [0, 0.1) is 0 Å². The van der Waals surface area contributed by atoms with Crippen LogP contribution in [0.3, 0.4) is 0 Å². The molecule has 0 N–H and O–H groups in total. The van der Waals surface area contributed by atoms with E-state index in [0.29, 0.717) is 0 Å². The van der Waals surface area contributed by atoms with E-state index in [1.54, 1.807) is 11.3 Å². The predicted molar refractivity (Wildman–Crippen MR) is 178 cm³/mol. The van der Waals surface area contributed by atoms with Crippen molar-refractivity contribution >= 4 is 55.3 Å². The number of hydrogen-bond acceptors (Lipinski definition) is 3. The summed E-state index contributed by atoms with van der Waals surface area (Å²) in [6.45, 7) is 27.1. The molecule has 0 aliphatic rings. The van der Waals surface area contributed by atoms with Gasteiger partial charge in [0, 0.05) is 22.2 Å². The number of nitrogens with zero attached hydrogens (tertiary/aromatic N) is 2. The third kappa shape index (κ3) is 10.8. The fourth-order valence-corrected chi connectivity index (χ4v) is 4.64. The molecule has 2 aromatic carbocycles. The summed E-state index contributed by atoms with van der Waals surface area (Å²) < 4.78 is 0. The van der Waals surface area contributed by atoms with E-state index in [9.17, 15) is 0 Å². The number of thiophene rings is 1. The average molecular weight is 642 g/mol. The van der Waals surface area contributed by atoms with Gasteiger partial charge in [0.25, 0.3) is 0 Å². The molecule has 0 saturated heterocycles. The Bertz CT molecular complexity index is 1160. The van der Waals surface area contributed by atoms with Crippen molar-refractivity contribution in [2.75, 3.05) is 0 Å². The zero-order chi connectivity index (χ0) is 30.5. The Morgan fingerprint density at radius 3 is 1.00 bits per heavy atom. The molecule has 40 heavy (non-hydrogen) atoms. The van der Waals surface area contributed by atoms with Gasteiger partial charge >= 0.3 is 33.3 Å². The van der Waals surface area contributed by atoms with Crippen molar-refractivity contribution in [1.82, 2.24) is 0 Å². The minimum atomic E-state index is 0.0786. The molecule has 0 atom stereocenters. The fraction of sp³-hybridized carbons (Fsp3) is 0.471. The van der Waals surface area contributed by atoms with Crippen LogP contribution in [0.4, 0.5) is 11.4 Å². The van der Waals surface area contributed by atoms with Crippen LogP contribution >= 0.6 is 31.5 Å². The SMILES string of the molecule is CC(C)(C)c1cc(N=Cc2ccc(C=Nc3cc(C(C)(C)C)cc(C(C)(C)C)c3)s2)cc(C(C)(C)C)c1.[Cl][Fe][Cl]. The number of halogens is 2. The van der Waals surface area contributed by atoms with Gasteiger partial charge in [-0.3, -0.25) is 9.98 Å². The summed E-state index contributed by atoms with van der Waals surface area (Å²) in [6.07, 6.45) is 3.96. The van der Waals surface area contributed by atoms with Crippen LogP contribution in [0.25, 0.3) is 0 Å². The summed E-state index contributed by atoms with van der Waals surface area (Å²) >= 11 is 1.91. The van der Waals surface area contributed by atoms with Crippen LogP contribution in [-0.4, -0.2) is 12.4 Å². The van der Waals surface area contributed by atoms with Gasteiger partial charge in [-0.15, -0.1) is 11.3 Å². The molecule has 1 aromatic heterocycles. The Hall–Kier alpha value is -1.42. The molecule has 0 spiro atoms. The van der Waals surface area contributed by atoms with E-state index in [1.807, 2.05) is 12.4 Å². The van der Waals surface area contributed by atoms with Crippen molar-refractivity contribution in [3.05, 3.63) is 80.5 Å². The molecular formula is C34H46Cl2FeN2S. The molecule has 220 valence electrons. The minimum absolute atomic E-state index is 0.0786. The second-order valence-electron chi connectivity index (χ2n) is 14.3. The normalized spacial score (nSPS) is 13.2. The van der Waals surface area contributed by atoms with E-state index in [-0.39, 0.29) is 34.8 Å². The first kappa shape index (κ1) is 34.8. The third-order valence-corrected chi connectivity index (χ3v) is 7.58. The van der Waals surface area contributed by atoms with E-state index in [0.717, 1.165) is 21.1 Å². The van der Waals surface area contributed by atoms with Gasteiger partial charge in [0.15, 0.2) is 0 Å². The number of benzene rings is 2. The van der Waals surface area contributed by atoms with Crippen molar-refractivity contribution in [3.8, 4) is 0 Å². The Balaban J connectivity index is 0.00000178. The molecule has 0 unspecified atom stereocenters. The molecule has 0 aliphatic carbocycles. The molecule has 0 amide bonds. The zero-order valence-corrected chi connectivity index (χ0v) is 29.6. The summed E-state index contributed by atoms with van der Waals surface area (Å²) in [5.41, 5.74) is 7.60. The first-order valence-corrected chi connectivity index (χ1v) is 17.4. The van der Waals surface area contributed by atoms with Gasteiger partial charge in [0.05, 0.1) is 11.4 Å². The molecule has 3 rings (SSSR count). The van der Waals surface area contributed by atoms with Crippen LogP contribution in [0.1, 0.15) is 115 Å². The van der Waals surface area contributed by atoms with Crippen molar-refractivity contribution in [2.45, 2.75) is 105 Å². The van der Waals surface area contributed by atoms with Crippen LogP contribution in [0.2, 0.25) is 0 Å². The molecule has 1 heterocycles. The predicted octanol–water partition coefficient (Wildman–Crippen LogP) is 11.8. The monoisotopic (exact) mass is 640 g/mol. The maximum atomic E-state index is 4.87. The van der Waals surface area contributed by atoms with Crippen molar-refractivity contribution in [1.29, 1.82) is 0 Å². The summed E-state index contributed by atoms with van der Waals surface area (Å²) in [6, 6.07) is 17.8. The van der Waals surface area contributed by atoms with Gasteiger partial charge in [-0.1, -0.05) is 95.2 Å². The van der Waals surface area contributed by atoms with Gasteiger partial charge in [0.2, 0.25) is 0 Å². The van der Waals surface area contributed by atoms with E-state index in [2.05, 4.69) is 132 Å².